The van der Waals surface area contributed by atoms with Crippen molar-refractivity contribution in [2.45, 2.75) is 20.3 Å². The molecule has 5 nitrogen and oxygen atoms in total. The zero-order valence-electron chi connectivity index (χ0n) is 10.6. The van der Waals surface area contributed by atoms with Crippen LogP contribution in [0.25, 0.3) is 5.65 Å². The van der Waals surface area contributed by atoms with Gasteiger partial charge in [0, 0.05) is 12.7 Å². The molecule has 0 aliphatic heterocycles. The van der Waals surface area contributed by atoms with Crippen molar-refractivity contribution in [2.24, 2.45) is 0 Å². The van der Waals surface area contributed by atoms with Crippen LogP contribution in [0.3, 0.4) is 0 Å². The third-order valence-corrected chi connectivity index (χ3v) is 2.91. The van der Waals surface area contributed by atoms with Crippen LogP contribution in [0.4, 0.5) is 0 Å². The van der Waals surface area contributed by atoms with Crippen LogP contribution in [0.1, 0.15) is 17.0 Å². The van der Waals surface area contributed by atoms with Gasteiger partial charge in [-0.25, -0.2) is 4.98 Å². The van der Waals surface area contributed by atoms with Crippen LogP contribution < -0.4 is 5.32 Å². The van der Waals surface area contributed by atoms with E-state index in [1.165, 1.54) is 0 Å². The summed E-state index contributed by atoms with van der Waals surface area (Å²) in [7, 11) is 0. The lowest BCUT2D eigenvalue weighted by molar-refractivity contribution is -0.120. The van der Waals surface area contributed by atoms with Crippen LogP contribution in [0.15, 0.2) is 18.3 Å². The maximum atomic E-state index is 11.7. The van der Waals surface area contributed by atoms with Crippen molar-refractivity contribution in [1.29, 1.82) is 0 Å². The average molecular weight is 247 g/mol. The summed E-state index contributed by atoms with van der Waals surface area (Å²) >= 11 is 0. The molecule has 0 aliphatic carbocycles. The molecule has 0 spiro atoms. The van der Waals surface area contributed by atoms with E-state index in [4.69, 9.17) is 5.11 Å². The molecule has 0 bridgehead atoms. The summed E-state index contributed by atoms with van der Waals surface area (Å²) in [6, 6.07) is 3.94. The quantitative estimate of drug-likeness (QED) is 0.831. The number of hydrogen-bond donors (Lipinski definition) is 2. The third-order valence-electron chi connectivity index (χ3n) is 2.91. The Morgan fingerprint density at radius 1 is 1.50 bits per heavy atom. The van der Waals surface area contributed by atoms with Crippen molar-refractivity contribution in [3.63, 3.8) is 0 Å². The fourth-order valence-electron chi connectivity index (χ4n) is 1.99. The Morgan fingerprint density at radius 3 is 3.00 bits per heavy atom. The summed E-state index contributed by atoms with van der Waals surface area (Å²) in [5.74, 6) is -0.101. The van der Waals surface area contributed by atoms with Crippen LogP contribution in [0, 0.1) is 13.8 Å². The molecule has 0 fully saturated rings. The number of rotatable bonds is 4. The minimum Gasteiger partial charge on any atom is -0.395 e. The molecule has 2 aromatic heterocycles. The highest BCUT2D eigenvalue weighted by Gasteiger charge is 2.13. The van der Waals surface area contributed by atoms with Gasteiger partial charge in [-0.15, -0.1) is 0 Å². The van der Waals surface area contributed by atoms with Crippen molar-refractivity contribution >= 4 is 11.6 Å². The molecule has 0 saturated heterocycles. The summed E-state index contributed by atoms with van der Waals surface area (Å²) < 4.78 is 1.95. The highest BCUT2D eigenvalue weighted by Crippen LogP contribution is 2.15. The second-order valence-electron chi connectivity index (χ2n) is 4.28. The van der Waals surface area contributed by atoms with Gasteiger partial charge in [-0.3, -0.25) is 4.79 Å². The Kier molecular flexibility index (Phi) is 3.62. The van der Waals surface area contributed by atoms with Gasteiger partial charge in [0.25, 0.3) is 0 Å². The molecule has 5 heteroatoms. The monoisotopic (exact) mass is 247 g/mol. The number of aryl methyl sites for hydroxylation is 2. The fraction of sp³-hybridized carbons (Fsp3) is 0.385. The van der Waals surface area contributed by atoms with E-state index in [1.807, 2.05) is 36.6 Å². The van der Waals surface area contributed by atoms with Gasteiger partial charge in [0.2, 0.25) is 5.91 Å². The normalized spacial score (nSPS) is 10.8. The number of nitrogens with one attached hydrogen (secondary N) is 1. The second kappa shape index (κ2) is 5.18. The Morgan fingerprint density at radius 2 is 2.28 bits per heavy atom. The summed E-state index contributed by atoms with van der Waals surface area (Å²) in [4.78, 5) is 16.2. The van der Waals surface area contributed by atoms with Gasteiger partial charge >= 0.3 is 0 Å². The number of aromatic nitrogens is 2. The number of aliphatic hydroxyl groups excluding tert-OH is 1. The van der Waals surface area contributed by atoms with Crippen LogP contribution in [0.5, 0.6) is 0 Å². The smallest absolute Gasteiger partial charge is 0.226 e. The predicted octanol–water partition coefficient (Wildman–Crippen LogP) is 0.602. The number of pyridine rings is 1. The van der Waals surface area contributed by atoms with Gasteiger partial charge in [-0.1, -0.05) is 6.07 Å². The number of carbonyl (C=O) groups is 1. The molecule has 1 amide bonds. The number of aliphatic hydroxyl groups is 1. The lowest BCUT2D eigenvalue weighted by Crippen LogP contribution is -2.28. The summed E-state index contributed by atoms with van der Waals surface area (Å²) in [6.45, 7) is 4.14. The first kappa shape index (κ1) is 12.6. The average Bonchev–Trinajstić information content (AvgIpc) is 2.66. The number of carbonyl (C=O) groups excluding carboxylic acids is 1. The van der Waals surface area contributed by atoms with E-state index in [0.717, 1.165) is 22.6 Å². The minimum atomic E-state index is -0.101. The minimum absolute atomic E-state index is 0.0447. The van der Waals surface area contributed by atoms with Gasteiger partial charge in [-0.2, -0.15) is 0 Å². The molecule has 0 aromatic carbocycles. The first-order valence-corrected chi connectivity index (χ1v) is 5.94. The molecule has 0 unspecified atom stereocenters. The molecular weight excluding hydrogens is 230 g/mol. The molecule has 2 heterocycles. The molecule has 0 aliphatic rings. The maximum absolute atomic E-state index is 11.7. The van der Waals surface area contributed by atoms with E-state index in [9.17, 15) is 4.79 Å². The molecular formula is C13H17N3O2. The lowest BCUT2D eigenvalue weighted by Gasteiger charge is -2.05. The summed E-state index contributed by atoms with van der Waals surface area (Å²) in [6.07, 6.45) is 2.19. The number of hydrogen-bond acceptors (Lipinski definition) is 3. The van der Waals surface area contributed by atoms with E-state index in [-0.39, 0.29) is 25.5 Å². The number of amides is 1. The van der Waals surface area contributed by atoms with Crippen molar-refractivity contribution in [2.75, 3.05) is 13.2 Å². The third kappa shape index (κ3) is 2.36. The van der Waals surface area contributed by atoms with Gasteiger partial charge in [0.05, 0.1) is 24.4 Å². The van der Waals surface area contributed by atoms with Gasteiger partial charge in [-0.05, 0) is 25.5 Å². The first-order valence-electron chi connectivity index (χ1n) is 5.94. The Hall–Kier alpha value is -1.88. The summed E-state index contributed by atoms with van der Waals surface area (Å²) in [5, 5.41) is 11.3. The van der Waals surface area contributed by atoms with Crippen molar-refractivity contribution < 1.29 is 9.90 Å². The maximum Gasteiger partial charge on any atom is 0.226 e. The molecule has 0 radical (unpaired) electrons. The van der Waals surface area contributed by atoms with Crippen LogP contribution in [-0.4, -0.2) is 33.6 Å². The molecule has 18 heavy (non-hydrogen) atoms. The highest BCUT2D eigenvalue weighted by molar-refractivity contribution is 5.78. The van der Waals surface area contributed by atoms with E-state index < -0.39 is 0 Å². The van der Waals surface area contributed by atoms with E-state index in [0.29, 0.717) is 0 Å². The summed E-state index contributed by atoms with van der Waals surface area (Å²) in [5.41, 5.74) is 3.73. The zero-order chi connectivity index (χ0) is 13.1. The molecule has 96 valence electrons. The molecule has 2 aromatic rings. The van der Waals surface area contributed by atoms with Crippen molar-refractivity contribution in [3.05, 3.63) is 35.3 Å². The molecule has 2 rings (SSSR count). The van der Waals surface area contributed by atoms with Crippen molar-refractivity contribution in [1.82, 2.24) is 14.7 Å². The van der Waals surface area contributed by atoms with Gasteiger partial charge in [0.1, 0.15) is 5.65 Å². The van der Waals surface area contributed by atoms with E-state index in [1.54, 1.807) is 0 Å². The SMILES string of the molecule is Cc1nc2c(C)cccn2c1CC(=O)NCCO. The molecule has 2 N–H and O–H groups in total. The topological polar surface area (TPSA) is 66.6 Å². The Bertz CT molecular complexity index is 575. The largest absolute Gasteiger partial charge is 0.395 e. The van der Waals surface area contributed by atoms with Crippen LogP contribution in [-0.2, 0) is 11.2 Å². The van der Waals surface area contributed by atoms with Crippen LogP contribution in [0.2, 0.25) is 0 Å². The van der Waals surface area contributed by atoms with E-state index >= 15 is 0 Å². The predicted molar refractivity (Wildman–Crippen MR) is 68.5 cm³/mol. The fourth-order valence-corrected chi connectivity index (χ4v) is 1.99. The number of fused-ring (bicyclic) bond motifs is 1. The Labute approximate surface area is 105 Å². The van der Waals surface area contributed by atoms with Crippen LogP contribution >= 0.6 is 0 Å². The lowest BCUT2D eigenvalue weighted by atomic mass is 10.2. The standard InChI is InChI=1S/C13H17N3O2/c1-9-4-3-6-16-11(10(2)15-13(9)16)8-12(18)14-5-7-17/h3-4,6,17H,5,7-8H2,1-2H3,(H,14,18). The number of nitrogens with zero attached hydrogens (tertiary/aromatic N) is 2. The zero-order valence-corrected chi connectivity index (χ0v) is 10.6. The molecule has 0 atom stereocenters. The number of imidazole rings is 1. The highest BCUT2D eigenvalue weighted by atomic mass is 16.3. The molecule has 0 saturated carbocycles. The van der Waals surface area contributed by atoms with E-state index in [2.05, 4.69) is 10.3 Å². The first-order chi connectivity index (χ1) is 8.63. The second-order valence-corrected chi connectivity index (χ2v) is 4.28. The Balaban J connectivity index is 2.30. The van der Waals surface area contributed by atoms with Gasteiger partial charge in [0.15, 0.2) is 0 Å². The van der Waals surface area contributed by atoms with Gasteiger partial charge < -0.3 is 14.8 Å². The van der Waals surface area contributed by atoms with Crippen molar-refractivity contribution in [3.8, 4) is 0 Å².